The van der Waals surface area contributed by atoms with Crippen molar-refractivity contribution < 1.29 is 9.59 Å². The summed E-state index contributed by atoms with van der Waals surface area (Å²) < 4.78 is 0. The number of nitrogens with one attached hydrogen (secondary N) is 1. The normalized spacial score (nSPS) is 11.2. The highest BCUT2D eigenvalue weighted by Gasteiger charge is 2.28. The van der Waals surface area contributed by atoms with E-state index in [1.807, 2.05) is 0 Å². The number of halogens is 3. The summed E-state index contributed by atoms with van der Waals surface area (Å²) in [6.45, 7) is 3.28. The van der Waals surface area contributed by atoms with Crippen LogP contribution in [0.15, 0.2) is 18.2 Å². The molecule has 0 aromatic heterocycles. The number of alkyl halides is 1. The van der Waals surface area contributed by atoms with Gasteiger partial charge in [0, 0.05) is 15.6 Å². The molecule has 1 N–H and O–H groups in total. The molecule has 1 rings (SSSR count). The van der Waals surface area contributed by atoms with E-state index in [2.05, 4.69) is 21.2 Å². The lowest BCUT2D eigenvalue weighted by molar-refractivity contribution is -0.121. The standard InChI is InChI=1S/C12H12BrCl2NO2/c1-12(2,10(17)6-13)16-11(18)7-3-8(14)5-9(15)4-7/h3-5H,6H2,1-2H3,(H,16,18). The van der Waals surface area contributed by atoms with Crippen LogP contribution in [0.1, 0.15) is 24.2 Å². The Morgan fingerprint density at radius 2 is 1.72 bits per heavy atom. The van der Waals surface area contributed by atoms with E-state index in [1.54, 1.807) is 13.8 Å². The molecule has 0 saturated carbocycles. The average molecular weight is 353 g/mol. The Labute approximate surface area is 124 Å². The highest BCUT2D eigenvalue weighted by atomic mass is 79.9. The first kappa shape index (κ1) is 15.5. The summed E-state index contributed by atoms with van der Waals surface area (Å²) in [7, 11) is 0. The molecule has 18 heavy (non-hydrogen) atoms. The van der Waals surface area contributed by atoms with E-state index in [-0.39, 0.29) is 11.1 Å². The second-order valence-corrected chi connectivity index (χ2v) is 5.73. The number of rotatable bonds is 4. The minimum atomic E-state index is -0.949. The van der Waals surface area contributed by atoms with Crippen LogP contribution in [0.25, 0.3) is 0 Å². The van der Waals surface area contributed by atoms with Crippen molar-refractivity contribution in [2.75, 3.05) is 5.33 Å². The smallest absolute Gasteiger partial charge is 0.252 e. The predicted octanol–water partition coefficient (Wildman–Crippen LogP) is 3.47. The lowest BCUT2D eigenvalue weighted by Gasteiger charge is -2.24. The Bertz CT molecular complexity index is 469. The average Bonchev–Trinajstić information content (AvgIpc) is 2.25. The lowest BCUT2D eigenvalue weighted by Crippen LogP contribution is -2.50. The van der Waals surface area contributed by atoms with Crippen molar-refractivity contribution in [1.29, 1.82) is 0 Å². The van der Waals surface area contributed by atoms with Crippen LogP contribution in [-0.4, -0.2) is 22.6 Å². The van der Waals surface area contributed by atoms with Crippen molar-refractivity contribution in [1.82, 2.24) is 5.32 Å². The van der Waals surface area contributed by atoms with Crippen LogP contribution in [0.3, 0.4) is 0 Å². The number of benzene rings is 1. The zero-order valence-corrected chi connectivity index (χ0v) is 13.0. The first-order valence-electron chi connectivity index (χ1n) is 5.14. The van der Waals surface area contributed by atoms with Crippen LogP contribution < -0.4 is 5.32 Å². The molecule has 3 nitrogen and oxygen atoms in total. The molecule has 1 amide bonds. The van der Waals surface area contributed by atoms with Crippen molar-refractivity contribution in [3.63, 3.8) is 0 Å². The fourth-order valence-electron chi connectivity index (χ4n) is 1.28. The first-order valence-corrected chi connectivity index (χ1v) is 7.02. The summed E-state index contributed by atoms with van der Waals surface area (Å²) in [6.07, 6.45) is 0. The summed E-state index contributed by atoms with van der Waals surface area (Å²) in [6, 6.07) is 4.53. The molecule has 0 unspecified atom stereocenters. The number of carbonyl (C=O) groups is 2. The molecule has 0 saturated heterocycles. The fourth-order valence-corrected chi connectivity index (χ4v) is 2.50. The molecule has 1 aromatic carbocycles. The molecular weight excluding hydrogens is 341 g/mol. The van der Waals surface area contributed by atoms with Gasteiger partial charge in [-0.25, -0.2) is 0 Å². The number of amides is 1. The Morgan fingerprint density at radius 1 is 1.22 bits per heavy atom. The SMILES string of the molecule is CC(C)(NC(=O)c1cc(Cl)cc(Cl)c1)C(=O)CBr. The summed E-state index contributed by atoms with van der Waals surface area (Å²) in [5.74, 6) is -0.511. The van der Waals surface area contributed by atoms with Crippen molar-refractivity contribution in [3.05, 3.63) is 33.8 Å². The zero-order chi connectivity index (χ0) is 13.9. The van der Waals surface area contributed by atoms with E-state index in [0.29, 0.717) is 15.6 Å². The van der Waals surface area contributed by atoms with Crippen molar-refractivity contribution >= 4 is 50.8 Å². The Kier molecular flexibility index (Phi) is 5.20. The van der Waals surface area contributed by atoms with Crippen molar-refractivity contribution in [3.8, 4) is 0 Å². The highest BCUT2D eigenvalue weighted by Crippen LogP contribution is 2.19. The van der Waals surface area contributed by atoms with Gasteiger partial charge < -0.3 is 5.32 Å². The number of ketones is 1. The van der Waals surface area contributed by atoms with E-state index < -0.39 is 11.4 Å². The molecule has 0 aliphatic rings. The van der Waals surface area contributed by atoms with Gasteiger partial charge in [0.1, 0.15) is 0 Å². The maximum absolute atomic E-state index is 12.0. The molecule has 0 heterocycles. The second-order valence-electron chi connectivity index (χ2n) is 4.29. The molecule has 0 radical (unpaired) electrons. The van der Waals surface area contributed by atoms with Gasteiger partial charge >= 0.3 is 0 Å². The van der Waals surface area contributed by atoms with Gasteiger partial charge in [-0.2, -0.15) is 0 Å². The Hall–Kier alpha value is -0.580. The van der Waals surface area contributed by atoms with Crippen LogP contribution in [0.4, 0.5) is 0 Å². The third-order valence-electron chi connectivity index (χ3n) is 2.37. The van der Waals surface area contributed by atoms with E-state index in [1.165, 1.54) is 18.2 Å². The third kappa shape index (κ3) is 3.97. The number of hydrogen-bond acceptors (Lipinski definition) is 2. The minimum absolute atomic E-state index is 0.121. The maximum Gasteiger partial charge on any atom is 0.252 e. The lowest BCUT2D eigenvalue weighted by atomic mass is 10.00. The first-order chi connectivity index (χ1) is 8.26. The van der Waals surface area contributed by atoms with Gasteiger partial charge in [0.15, 0.2) is 5.78 Å². The van der Waals surface area contributed by atoms with E-state index in [0.717, 1.165) is 0 Å². The van der Waals surface area contributed by atoms with E-state index in [4.69, 9.17) is 23.2 Å². The van der Waals surface area contributed by atoms with Crippen LogP contribution in [0.2, 0.25) is 10.0 Å². The largest absolute Gasteiger partial charge is 0.340 e. The molecule has 0 atom stereocenters. The topological polar surface area (TPSA) is 46.2 Å². The van der Waals surface area contributed by atoms with Gasteiger partial charge in [-0.3, -0.25) is 9.59 Å². The quantitative estimate of drug-likeness (QED) is 0.843. The molecule has 0 fully saturated rings. The minimum Gasteiger partial charge on any atom is -0.340 e. The molecule has 0 spiro atoms. The van der Waals surface area contributed by atoms with Crippen LogP contribution in [-0.2, 0) is 4.79 Å². The van der Waals surface area contributed by atoms with Gasteiger partial charge in [-0.15, -0.1) is 0 Å². The van der Waals surface area contributed by atoms with Crippen molar-refractivity contribution in [2.24, 2.45) is 0 Å². The highest BCUT2D eigenvalue weighted by molar-refractivity contribution is 9.09. The second kappa shape index (κ2) is 6.04. The molecule has 0 bridgehead atoms. The van der Waals surface area contributed by atoms with Gasteiger partial charge in [-0.1, -0.05) is 39.1 Å². The maximum atomic E-state index is 12.0. The summed E-state index contributed by atoms with van der Waals surface area (Å²) in [4.78, 5) is 23.6. The van der Waals surface area contributed by atoms with Crippen LogP contribution in [0.5, 0.6) is 0 Å². The number of carbonyl (C=O) groups excluding carboxylic acids is 2. The molecule has 98 valence electrons. The molecule has 0 aliphatic heterocycles. The molecule has 6 heteroatoms. The van der Waals surface area contributed by atoms with Gasteiger partial charge in [0.25, 0.3) is 5.91 Å². The monoisotopic (exact) mass is 351 g/mol. The number of hydrogen-bond donors (Lipinski definition) is 1. The summed E-state index contributed by atoms with van der Waals surface area (Å²) in [5.41, 5.74) is -0.627. The predicted molar refractivity (Wildman–Crippen MR) is 76.8 cm³/mol. The van der Waals surface area contributed by atoms with Crippen molar-refractivity contribution in [2.45, 2.75) is 19.4 Å². The van der Waals surface area contributed by atoms with Crippen LogP contribution in [0, 0.1) is 0 Å². The van der Waals surface area contributed by atoms with Gasteiger partial charge in [0.05, 0.1) is 10.9 Å². The van der Waals surface area contributed by atoms with E-state index in [9.17, 15) is 9.59 Å². The summed E-state index contributed by atoms with van der Waals surface area (Å²) in [5, 5.41) is 3.56. The Morgan fingerprint density at radius 3 is 2.17 bits per heavy atom. The third-order valence-corrected chi connectivity index (χ3v) is 3.31. The molecular formula is C12H12BrCl2NO2. The molecule has 1 aromatic rings. The number of Topliss-reactive ketones (excluding diaryl/α,β-unsaturated/α-hetero) is 1. The van der Waals surface area contributed by atoms with Gasteiger partial charge in [-0.05, 0) is 32.0 Å². The van der Waals surface area contributed by atoms with E-state index >= 15 is 0 Å². The molecule has 0 aliphatic carbocycles. The zero-order valence-electron chi connectivity index (χ0n) is 9.89. The summed E-state index contributed by atoms with van der Waals surface area (Å²) >= 11 is 14.7. The van der Waals surface area contributed by atoms with Crippen LogP contribution >= 0.6 is 39.1 Å². The van der Waals surface area contributed by atoms with Gasteiger partial charge in [0.2, 0.25) is 0 Å². The Balaban J connectivity index is 2.92. The fraction of sp³-hybridized carbons (Fsp3) is 0.333.